The molecule has 0 fully saturated rings. The number of hydrogen-bond donors (Lipinski definition) is 1. The van der Waals surface area contributed by atoms with Crippen LogP contribution in [-0.2, 0) is 14.1 Å². The number of hydrogen-bond acceptors (Lipinski definition) is 4. The van der Waals surface area contributed by atoms with Gasteiger partial charge in [0, 0.05) is 42.4 Å². The summed E-state index contributed by atoms with van der Waals surface area (Å²) in [6.07, 6.45) is 0. The van der Waals surface area contributed by atoms with Crippen LogP contribution in [0, 0.1) is 11.6 Å². The van der Waals surface area contributed by atoms with Crippen molar-refractivity contribution in [3.63, 3.8) is 0 Å². The topological polar surface area (TPSA) is 73.1 Å². The first-order valence-electron chi connectivity index (χ1n) is 9.21. The molecule has 1 aliphatic heterocycles. The van der Waals surface area contributed by atoms with Gasteiger partial charge in [0.05, 0.1) is 17.2 Å². The minimum absolute atomic E-state index is 0.0106. The molecule has 3 aromatic rings. The predicted molar refractivity (Wildman–Crippen MR) is 106 cm³/mol. The summed E-state index contributed by atoms with van der Waals surface area (Å²) in [4.78, 5) is 38.9. The Morgan fingerprint density at radius 3 is 2.33 bits per heavy atom. The number of carbonyl (C=O) groups is 1. The van der Waals surface area contributed by atoms with E-state index in [1.54, 1.807) is 24.3 Å². The lowest BCUT2D eigenvalue weighted by molar-refractivity contribution is 0.103. The molecule has 1 aliphatic carbocycles. The van der Waals surface area contributed by atoms with E-state index in [4.69, 9.17) is 0 Å². The largest absolute Gasteiger partial charge is 0.340 e. The van der Waals surface area contributed by atoms with Gasteiger partial charge in [0.1, 0.15) is 17.5 Å². The summed E-state index contributed by atoms with van der Waals surface area (Å²) in [7, 11) is 2.80. The summed E-state index contributed by atoms with van der Waals surface area (Å²) in [6, 6.07) is 9.90. The third-order valence-corrected chi connectivity index (χ3v) is 5.75. The number of anilines is 1. The van der Waals surface area contributed by atoms with Crippen LogP contribution < -0.4 is 16.6 Å². The average molecular weight is 407 g/mol. The second-order valence-electron chi connectivity index (χ2n) is 7.36. The van der Waals surface area contributed by atoms with Crippen LogP contribution in [0.1, 0.15) is 33.0 Å². The molecule has 0 saturated carbocycles. The molecule has 30 heavy (non-hydrogen) atoms. The molecule has 1 N–H and O–H groups in total. The van der Waals surface area contributed by atoms with E-state index in [9.17, 15) is 23.2 Å². The van der Waals surface area contributed by atoms with E-state index >= 15 is 0 Å². The number of ketones is 1. The number of Topliss-reactive ketones (excluding diaryl/α,β-unsaturated/α-hetero) is 1. The van der Waals surface area contributed by atoms with E-state index in [1.807, 2.05) is 0 Å². The molecule has 0 radical (unpaired) electrons. The Morgan fingerprint density at radius 1 is 0.933 bits per heavy atom. The number of benzene rings is 2. The van der Waals surface area contributed by atoms with Crippen LogP contribution in [0.15, 0.2) is 57.6 Å². The van der Waals surface area contributed by atoms with Gasteiger partial charge < -0.3 is 5.32 Å². The molecule has 0 spiro atoms. The van der Waals surface area contributed by atoms with E-state index in [-0.39, 0.29) is 28.3 Å². The number of nitrogens with zero attached hydrogens (tertiary/aromatic N) is 2. The normalized spacial score (nSPS) is 16.8. The quantitative estimate of drug-likeness (QED) is 0.673. The third kappa shape index (κ3) is 2.24. The van der Waals surface area contributed by atoms with Gasteiger partial charge in [-0.2, -0.15) is 0 Å². The van der Waals surface area contributed by atoms with E-state index in [0.29, 0.717) is 16.8 Å². The van der Waals surface area contributed by atoms with Gasteiger partial charge >= 0.3 is 5.69 Å². The maximum Gasteiger partial charge on any atom is 0.332 e. The van der Waals surface area contributed by atoms with Crippen LogP contribution in [0.5, 0.6) is 0 Å². The van der Waals surface area contributed by atoms with Gasteiger partial charge in [0.25, 0.3) is 5.56 Å². The van der Waals surface area contributed by atoms with Crippen molar-refractivity contribution in [3.8, 4) is 0 Å². The van der Waals surface area contributed by atoms with Crippen molar-refractivity contribution in [2.45, 2.75) is 5.92 Å². The second kappa shape index (κ2) is 6.09. The zero-order valence-corrected chi connectivity index (χ0v) is 16.0. The smallest absolute Gasteiger partial charge is 0.332 e. The zero-order chi connectivity index (χ0) is 21.3. The second-order valence-corrected chi connectivity index (χ2v) is 7.36. The molecular weight excluding hydrogens is 392 g/mol. The number of allylic oxidation sites excluding steroid dienone is 1. The molecule has 2 aliphatic rings. The lowest BCUT2D eigenvalue weighted by Crippen LogP contribution is -2.43. The standard InChI is InChI=1S/C22H15F2N3O3/c1-26-20-17(21(29)27(2)22(26)30)15(13-8-7-10(23)9-14(13)24)16-18(25-20)11-5-3-4-6-12(11)19(16)28/h3-9,15,25H,1-2H3/t15-/m0/s1. The lowest BCUT2D eigenvalue weighted by atomic mass is 9.81. The molecule has 5 rings (SSSR count). The van der Waals surface area contributed by atoms with Gasteiger partial charge in [-0.25, -0.2) is 13.6 Å². The Hall–Kier alpha value is -3.81. The molecule has 6 nitrogen and oxygen atoms in total. The summed E-state index contributed by atoms with van der Waals surface area (Å²) >= 11 is 0. The summed E-state index contributed by atoms with van der Waals surface area (Å²) in [5.74, 6) is -2.90. The molecule has 0 saturated heterocycles. The van der Waals surface area contributed by atoms with Crippen molar-refractivity contribution in [3.05, 3.63) is 103 Å². The first-order valence-corrected chi connectivity index (χ1v) is 9.21. The first-order chi connectivity index (χ1) is 14.3. The highest BCUT2D eigenvalue weighted by molar-refractivity contribution is 6.23. The van der Waals surface area contributed by atoms with Crippen LogP contribution in [0.25, 0.3) is 5.70 Å². The molecule has 1 aromatic heterocycles. The molecule has 1 atom stereocenters. The number of halogens is 2. The summed E-state index contributed by atoms with van der Waals surface area (Å²) in [5.41, 5.74) is 0.468. The van der Waals surface area contributed by atoms with Crippen molar-refractivity contribution in [1.82, 2.24) is 9.13 Å². The minimum Gasteiger partial charge on any atom is -0.340 e. The van der Waals surface area contributed by atoms with Crippen molar-refractivity contribution in [2.75, 3.05) is 5.32 Å². The molecule has 2 heterocycles. The van der Waals surface area contributed by atoms with Gasteiger partial charge in [0.15, 0.2) is 5.78 Å². The van der Waals surface area contributed by atoms with Crippen LogP contribution in [0.3, 0.4) is 0 Å². The number of rotatable bonds is 1. The number of aromatic nitrogens is 2. The Morgan fingerprint density at radius 2 is 1.63 bits per heavy atom. The highest BCUT2D eigenvalue weighted by Gasteiger charge is 2.43. The van der Waals surface area contributed by atoms with Gasteiger partial charge in [-0.3, -0.25) is 18.7 Å². The summed E-state index contributed by atoms with van der Waals surface area (Å²) in [5, 5.41) is 3.07. The van der Waals surface area contributed by atoms with Crippen LogP contribution in [0.4, 0.5) is 14.6 Å². The first kappa shape index (κ1) is 18.2. The fourth-order valence-corrected chi connectivity index (χ4v) is 4.30. The van der Waals surface area contributed by atoms with Gasteiger partial charge in [-0.1, -0.05) is 30.3 Å². The monoisotopic (exact) mass is 407 g/mol. The zero-order valence-electron chi connectivity index (χ0n) is 16.0. The van der Waals surface area contributed by atoms with Crippen molar-refractivity contribution >= 4 is 17.3 Å². The maximum atomic E-state index is 14.9. The molecule has 8 heteroatoms. The van der Waals surface area contributed by atoms with E-state index in [2.05, 4.69) is 5.32 Å². The number of carbonyl (C=O) groups excluding carboxylic acids is 1. The van der Waals surface area contributed by atoms with Crippen molar-refractivity contribution in [1.29, 1.82) is 0 Å². The van der Waals surface area contributed by atoms with Gasteiger partial charge in [-0.15, -0.1) is 0 Å². The Bertz CT molecular complexity index is 1430. The van der Waals surface area contributed by atoms with E-state index < -0.39 is 28.8 Å². The van der Waals surface area contributed by atoms with Crippen molar-refractivity contribution in [2.24, 2.45) is 14.1 Å². The van der Waals surface area contributed by atoms with Crippen LogP contribution in [0.2, 0.25) is 0 Å². The lowest BCUT2D eigenvalue weighted by Gasteiger charge is -2.29. The van der Waals surface area contributed by atoms with Gasteiger partial charge in [0.2, 0.25) is 0 Å². The highest BCUT2D eigenvalue weighted by atomic mass is 19.1. The SMILES string of the molecule is Cn1c2c(c(=O)n(C)c1=O)[C@@H](c1ccc(F)cc1F)C1=C(N2)c2ccccc2C1=O. The molecule has 2 aromatic carbocycles. The number of fused-ring (bicyclic) bond motifs is 3. The predicted octanol–water partition coefficient (Wildman–Crippen LogP) is 2.53. The summed E-state index contributed by atoms with van der Waals surface area (Å²) in [6.45, 7) is 0. The minimum atomic E-state index is -1.10. The molecule has 0 amide bonds. The van der Waals surface area contributed by atoms with Gasteiger partial charge in [-0.05, 0) is 6.07 Å². The van der Waals surface area contributed by atoms with Crippen molar-refractivity contribution < 1.29 is 13.6 Å². The molecule has 150 valence electrons. The highest BCUT2D eigenvalue weighted by Crippen LogP contribution is 2.48. The Kier molecular flexibility index (Phi) is 3.70. The summed E-state index contributed by atoms with van der Waals surface area (Å²) < 4.78 is 30.6. The Balaban J connectivity index is 1.91. The van der Waals surface area contributed by atoms with E-state index in [1.165, 1.54) is 24.7 Å². The average Bonchev–Trinajstić information content (AvgIpc) is 3.02. The Labute approximate surface area is 168 Å². The third-order valence-electron chi connectivity index (χ3n) is 5.75. The van der Waals surface area contributed by atoms with Crippen LogP contribution >= 0.6 is 0 Å². The fraction of sp³-hybridized carbons (Fsp3) is 0.136. The molecule has 0 unspecified atom stereocenters. The van der Waals surface area contributed by atoms with E-state index in [0.717, 1.165) is 16.7 Å². The fourth-order valence-electron chi connectivity index (χ4n) is 4.30. The molecule has 0 bridgehead atoms. The van der Waals surface area contributed by atoms with Crippen LogP contribution in [-0.4, -0.2) is 14.9 Å². The molecular formula is C22H15F2N3O3. The number of nitrogens with one attached hydrogen (secondary N) is 1. The maximum absolute atomic E-state index is 14.9.